The Hall–Kier alpha value is -4.59. The Morgan fingerprint density at radius 1 is 0.630 bits per heavy atom. The van der Waals surface area contributed by atoms with E-state index in [9.17, 15) is 9.59 Å². The van der Waals surface area contributed by atoms with E-state index in [1.807, 2.05) is 6.20 Å². The molecule has 46 heavy (non-hydrogen) atoms. The molecule has 5 rings (SSSR count). The summed E-state index contributed by atoms with van der Waals surface area (Å²) in [6, 6.07) is 22.7. The number of aryl methyl sites for hydroxylation is 4. The maximum atomic E-state index is 9.55. The van der Waals surface area contributed by atoms with Gasteiger partial charge in [-0.25, -0.2) is 9.59 Å². The molecule has 0 unspecified atom stereocenters. The van der Waals surface area contributed by atoms with Gasteiger partial charge in [-0.1, -0.05) is 30.3 Å². The number of aliphatic carboxylic acids is 2. The van der Waals surface area contributed by atoms with Crippen LogP contribution in [-0.4, -0.2) is 63.1 Å². The number of aromatic nitrogens is 1. The molecule has 7 heteroatoms. The van der Waals surface area contributed by atoms with Crippen LogP contribution in [0.1, 0.15) is 44.5 Å². The number of carboxylic acid groups (broad SMARTS) is 2. The van der Waals surface area contributed by atoms with Crippen molar-refractivity contribution < 1.29 is 19.8 Å². The summed E-state index contributed by atoms with van der Waals surface area (Å²) in [4.78, 5) is 29.0. The van der Waals surface area contributed by atoms with Crippen LogP contribution in [0, 0.1) is 41.5 Å². The fourth-order valence-corrected chi connectivity index (χ4v) is 5.73. The SMILES string of the molecule is Cc1cc(-c2cccc(CN3CCN(Cc4ccnc(-c5cc(C)c(C)c(C)c5)c4)CC3)c2)cc(C)c1C.O=C(O)/C=C/C(=O)O. The van der Waals surface area contributed by atoms with Crippen LogP contribution in [0.3, 0.4) is 0 Å². The zero-order valence-electron chi connectivity index (χ0n) is 27.8. The van der Waals surface area contributed by atoms with Crippen molar-refractivity contribution in [2.75, 3.05) is 26.2 Å². The first-order chi connectivity index (χ1) is 21.9. The highest BCUT2D eigenvalue weighted by Gasteiger charge is 2.18. The standard InChI is InChI=1S/C35H41N3.C4H4O4/c1-24-16-33(17-25(2)28(24)5)32-9-7-8-30(20-32)22-37-12-14-38(15-13-37)23-31-10-11-36-35(21-31)34-18-26(3)29(6)27(4)19-34;5-3(6)1-2-4(7)8/h7-11,16-21H,12-15,22-23H2,1-6H3;1-2H,(H,5,6)(H,7,8)/b;2-1+. The molecule has 1 fully saturated rings. The van der Waals surface area contributed by atoms with Crippen LogP contribution in [0.5, 0.6) is 0 Å². The monoisotopic (exact) mass is 619 g/mol. The minimum atomic E-state index is -1.26. The molecule has 1 aromatic heterocycles. The number of hydrogen-bond donors (Lipinski definition) is 2. The van der Waals surface area contributed by atoms with Gasteiger partial charge in [-0.2, -0.15) is 0 Å². The third-order valence-corrected chi connectivity index (χ3v) is 8.88. The molecule has 240 valence electrons. The van der Waals surface area contributed by atoms with Crippen molar-refractivity contribution in [2.45, 2.75) is 54.6 Å². The van der Waals surface area contributed by atoms with Crippen molar-refractivity contribution >= 4 is 11.9 Å². The number of hydrogen-bond acceptors (Lipinski definition) is 5. The molecule has 0 atom stereocenters. The van der Waals surface area contributed by atoms with Gasteiger partial charge in [0, 0.05) is 63.2 Å². The van der Waals surface area contributed by atoms with Crippen molar-refractivity contribution in [3.05, 3.63) is 124 Å². The van der Waals surface area contributed by atoms with E-state index >= 15 is 0 Å². The molecule has 3 aromatic carbocycles. The van der Waals surface area contributed by atoms with Gasteiger partial charge in [-0.15, -0.1) is 0 Å². The highest BCUT2D eigenvalue weighted by molar-refractivity contribution is 5.89. The highest BCUT2D eigenvalue weighted by atomic mass is 16.4. The Kier molecular flexibility index (Phi) is 11.6. The first kappa shape index (κ1) is 34.3. The normalized spacial score (nSPS) is 13.8. The van der Waals surface area contributed by atoms with Crippen molar-refractivity contribution in [3.63, 3.8) is 0 Å². The van der Waals surface area contributed by atoms with Gasteiger partial charge in [0.25, 0.3) is 0 Å². The predicted octanol–water partition coefficient (Wildman–Crippen LogP) is 7.30. The second kappa shape index (κ2) is 15.6. The van der Waals surface area contributed by atoms with Crippen LogP contribution < -0.4 is 0 Å². The third-order valence-electron chi connectivity index (χ3n) is 8.88. The molecule has 0 spiro atoms. The number of piperazine rings is 1. The molecule has 2 N–H and O–H groups in total. The van der Waals surface area contributed by atoms with Gasteiger partial charge in [-0.3, -0.25) is 14.8 Å². The molecular weight excluding hydrogens is 574 g/mol. The van der Waals surface area contributed by atoms with E-state index in [4.69, 9.17) is 10.2 Å². The Morgan fingerprint density at radius 3 is 1.57 bits per heavy atom. The smallest absolute Gasteiger partial charge is 0.328 e. The molecule has 0 aliphatic carbocycles. The molecule has 1 aliphatic heterocycles. The minimum Gasteiger partial charge on any atom is -0.478 e. The van der Waals surface area contributed by atoms with Gasteiger partial charge in [0.2, 0.25) is 0 Å². The van der Waals surface area contributed by atoms with E-state index in [0.29, 0.717) is 12.2 Å². The van der Waals surface area contributed by atoms with E-state index in [1.165, 1.54) is 61.2 Å². The van der Waals surface area contributed by atoms with Crippen molar-refractivity contribution in [1.29, 1.82) is 0 Å². The zero-order valence-corrected chi connectivity index (χ0v) is 27.8. The second-order valence-corrected chi connectivity index (χ2v) is 12.3. The number of rotatable bonds is 8. The number of benzene rings is 3. The third kappa shape index (κ3) is 9.46. The maximum Gasteiger partial charge on any atom is 0.328 e. The van der Waals surface area contributed by atoms with Crippen molar-refractivity contribution in [3.8, 4) is 22.4 Å². The van der Waals surface area contributed by atoms with E-state index in [1.54, 1.807) is 0 Å². The topological polar surface area (TPSA) is 94.0 Å². The molecular formula is C39H45N3O4. The highest BCUT2D eigenvalue weighted by Crippen LogP contribution is 2.27. The fourth-order valence-electron chi connectivity index (χ4n) is 5.73. The summed E-state index contributed by atoms with van der Waals surface area (Å²) in [6.07, 6.45) is 3.08. The van der Waals surface area contributed by atoms with E-state index in [-0.39, 0.29) is 0 Å². The quantitative estimate of drug-likeness (QED) is 0.200. The van der Waals surface area contributed by atoms with E-state index < -0.39 is 11.9 Å². The number of carboxylic acids is 2. The van der Waals surface area contributed by atoms with Crippen molar-refractivity contribution in [2.24, 2.45) is 0 Å². The van der Waals surface area contributed by atoms with E-state index in [0.717, 1.165) is 45.0 Å². The Bertz CT molecular complexity index is 1560. The predicted molar refractivity (Wildman–Crippen MR) is 185 cm³/mol. The van der Waals surface area contributed by atoms with Gasteiger partial charge < -0.3 is 10.2 Å². The molecule has 4 aromatic rings. The van der Waals surface area contributed by atoms with E-state index in [2.05, 4.69) is 117 Å². The van der Waals surface area contributed by atoms with Crippen LogP contribution in [0.25, 0.3) is 22.4 Å². The van der Waals surface area contributed by atoms with Crippen LogP contribution in [-0.2, 0) is 22.7 Å². The zero-order chi connectivity index (χ0) is 33.4. The summed E-state index contributed by atoms with van der Waals surface area (Å²) in [5.74, 6) is -2.51. The summed E-state index contributed by atoms with van der Waals surface area (Å²) in [7, 11) is 0. The molecule has 0 bridgehead atoms. The second-order valence-electron chi connectivity index (χ2n) is 12.3. The Labute approximate surface area is 272 Å². The van der Waals surface area contributed by atoms with Crippen LogP contribution in [0.15, 0.2) is 79.0 Å². The average Bonchev–Trinajstić information content (AvgIpc) is 3.02. The first-order valence-electron chi connectivity index (χ1n) is 15.7. The van der Waals surface area contributed by atoms with Gasteiger partial charge >= 0.3 is 11.9 Å². The van der Waals surface area contributed by atoms with Crippen molar-refractivity contribution in [1.82, 2.24) is 14.8 Å². The lowest BCUT2D eigenvalue weighted by Gasteiger charge is -2.34. The summed E-state index contributed by atoms with van der Waals surface area (Å²) in [5.41, 5.74) is 15.8. The lowest BCUT2D eigenvalue weighted by atomic mass is 9.95. The number of carbonyl (C=O) groups is 2. The van der Waals surface area contributed by atoms with Gasteiger partial charge in [-0.05, 0) is 128 Å². The molecule has 1 saturated heterocycles. The Morgan fingerprint density at radius 2 is 1.09 bits per heavy atom. The lowest BCUT2D eigenvalue weighted by Crippen LogP contribution is -2.45. The molecule has 2 heterocycles. The first-order valence-corrected chi connectivity index (χ1v) is 15.7. The van der Waals surface area contributed by atoms with Crippen LogP contribution in [0.2, 0.25) is 0 Å². The maximum absolute atomic E-state index is 9.55. The summed E-state index contributed by atoms with van der Waals surface area (Å²) in [6.45, 7) is 19.6. The van der Waals surface area contributed by atoms with Gasteiger partial charge in [0.05, 0.1) is 5.69 Å². The molecule has 7 nitrogen and oxygen atoms in total. The Balaban J connectivity index is 0.000000533. The molecule has 0 radical (unpaired) electrons. The largest absolute Gasteiger partial charge is 0.478 e. The average molecular weight is 620 g/mol. The van der Waals surface area contributed by atoms with Crippen LogP contribution in [0.4, 0.5) is 0 Å². The fraction of sp³-hybridized carbons (Fsp3) is 0.308. The summed E-state index contributed by atoms with van der Waals surface area (Å²) >= 11 is 0. The van der Waals surface area contributed by atoms with Gasteiger partial charge in [0.1, 0.15) is 0 Å². The number of nitrogens with zero attached hydrogens (tertiary/aromatic N) is 3. The van der Waals surface area contributed by atoms with Crippen LogP contribution >= 0.6 is 0 Å². The minimum absolute atomic E-state index is 0.558. The molecule has 0 amide bonds. The summed E-state index contributed by atoms with van der Waals surface area (Å²) < 4.78 is 0. The lowest BCUT2D eigenvalue weighted by molar-refractivity contribution is -0.134. The number of pyridine rings is 1. The molecule has 0 saturated carbocycles. The summed E-state index contributed by atoms with van der Waals surface area (Å²) in [5, 5.41) is 15.6. The molecule has 1 aliphatic rings. The van der Waals surface area contributed by atoms with Gasteiger partial charge in [0.15, 0.2) is 0 Å².